The van der Waals surface area contributed by atoms with Crippen LogP contribution >= 0.6 is 0 Å². The van der Waals surface area contributed by atoms with Crippen molar-refractivity contribution in [1.82, 2.24) is 10.2 Å². The maximum Gasteiger partial charge on any atom is 0.330 e. The summed E-state index contributed by atoms with van der Waals surface area (Å²) in [7, 11) is 0. The number of hydrogen-bond acceptors (Lipinski definition) is 6. The van der Waals surface area contributed by atoms with Crippen molar-refractivity contribution in [2.45, 2.75) is 96.3 Å². The van der Waals surface area contributed by atoms with E-state index >= 15 is 0 Å². The Morgan fingerprint density at radius 2 is 1.81 bits per heavy atom. The topological polar surface area (TPSA) is 71.0 Å². The Hall–Kier alpha value is -0.950. The van der Waals surface area contributed by atoms with Crippen molar-refractivity contribution in [2.75, 3.05) is 39.4 Å². The Morgan fingerprint density at radius 1 is 1.03 bits per heavy atom. The first-order valence-corrected chi connectivity index (χ1v) is 15.4. The van der Waals surface area contributed by atoms with E-state index in [-0.39, 0.29) is 23.4 Å². The van der Waals surface area contributed by atoms with Crippen LogP contribution in [0.25, 0.3) is 0 Å². The summed E-state index contributed by atoms with van der Waals surface area (Å²) in [6, 6.07) is 0.644. The third kappa shape index (κ3) is 4.33. The predicted octanol–water partition coefficient (Wildman–Crippen LogP) is 4.17. The van der Waals surface area contributed by atoms with E-state index in [4.69, 9.17) is 9.47 Å². The number of esters is 1. The fraction of sp³-hybridized carbons (Fsp3) is 0.903. The number of ether oxygens (including phenoxy) is 2. The van der Waals surface area contributed by atoms with Gasteiger partial charge in [0.15, 0.2) is 0 Å². The van der Waals surface area contributed by atoms with Crippen LogP contribution in [-0.2, 0) is 14.3 Å². The van der Waals surface area contributed by atoms with Gasteiger partial charge in [0.25, 0.3) is 0 Å². The van der Waals surface area contributed by atoms with Crippen molar-refractivity contribution in [3.05, 3.63) is 12.2 Å². The molecule has 2 aliphatic heterocycles. The zero-order valence-corrected chi connectivity index (χ0v) is 23.4. The van der Waals surface area contributed by atoms with Gasteiger partial charge in [0.2, 0.25) is 0 Å². The molecule has 6 heteroatoms. The normalized spacial score (nSPS) is 50.2. The minimum atomic E-state index is -0.586. The van der Waals surface area contributed by atoms with Crippen LogP contribution in [0.15, 0.2) is 12.2 Å². The summed E-state index contributed by atoms with van der Waals surface area (Å²) in [6.45, 7) is 13.1. The molecule has 0 spiro atoms. The number of carbonyl (C=O) groups is 1. The second kappa shape index (κ2) is 9.91. The molecular weight excluding hydrogens is 464 g/mol. The molecular formula is C31H50N2O4. The fourth-order valence-corrected chi connectivity index (χ4v) is 10.4. The average molecular weight is 515 g/mol. The van der Waals surface area contributed by atoms with Crippen LogP contribution in [-0.4, -0.2) is 73.1 Å². The van der Waals surface area contributed by atoms with Crippen molar-refractivity contribution in [1.29, 1.82) is 0 Å². The van der Waals surface area contributed by atoms with Gasteiger partial charge in [0, 0.05) is 49.6 Å². The van der Waals surface area contributed by atoms with Gasteiger partial charge in [-0.1, -0.05) is 19.9 Å². The zero-order chi connectivity index (χ0) is 25.8. The molecule has 37 heavy (non-hydrogen) atoms. The highest BCUT2D eigenvalue weighted by molar-refractivity contribution is 5.83. The molecule has 10 atom stereocenters. The number of cyclic esters (lactones) is 1. The van der Waals surface area contributed by atoms with Crippen molar-refractivity contribution >= 4 is 5.97 Å². The molecule has 4 aliphatic carbocycles. The van der Waals surface area contributed by atoms with E-state index in [1.165, 1.54) is 38.5 Å². The maximum atomic E-state index is 12.5. The summed E-state index contributed by atoms with van der Waals surface area (Å²) < 4.78 is 11.1. The van der Waals surface area contributed by atoms with Crippen molar-refractivity contribution in [3.8, 4) is 0 Å². The highest BCUT2D eigenvalue weighted by Gasteiger charge is 2.68. The van der Waals surface area contributed by atoms with E-state index in [1.807, 2.05) is 6.92 Å². The third-order valence-corrected chi connectivity index (χ3v) is 12.7. The first-order chi connectivity index (χ1) is 17.7. The molecule has 1 saturated heterocycles. The Balaban J connectivity index is 1.12. The highest BCUT2D eigenvalue weighted by atomic mass is 16.5. The lowest BCUT2D eigenvalue weighted by Crippen LogP contribution is -2.63. The van der Waals surface area contributed by atoms with Gasteiger partial charge in [-0.15, -0.1) is 0 Å². The van der Waals surface area contributed by atoms with Crippen LogP contribution in [0.2, 0.25) is 0 Å². The summed E-state index contributed by atoms with van der Waals surface area (Å²) in [5.41, 5.74) is -0.326. The van der Waals surface area contributed by atoms with E-state index in [9.17, 15) is 9.90 Å². The minimum absolute atomic E-state index is 0.0946. The largest absolute Gasteiger partial charge is 0.459 e. The highest BCUT2D eigenvalue weighted by Crippen LogP contribution is 2.70. The van der Waals surface area contributed by atoms with Crippen LogP contribution in [0.3, 0.4) is 0 Å². The fourth-order valence-electron chi connectivity index (χ4n) is 10.4. The molecule has 0 radical (unpaired) electrons. The van der Waals surface area contributed by atoms with Gasteiger partial charge in [-0.3, -0.25) is 4.90 Å². The van der Waals surface area contributed by atoms with Crippen molar-refractivity contribution < 1.29 is 19.4 Å². The van der Waals surface area contributed by atoms with Crippen LogP contribution in [0.4, 0.5) is 0 Å². The van der Waals surface area contributed by atoms with E-state index in [1.54, 1.807) is 6.08 Å². The van der Waals surface area contributed by atoms with Gasteiger partial charge in [-0.05, 0) is 93.8 Å². The zero-order valence-electron chi connectivity index (χ0n) is 23.4. The van der Waals surface area contributed by atoms with Crippen LogP contribution in [0, 0.1) is 40.4 Å². The summed E-state index contributed by atoms with van der Waals surface area (Å²) in [5.74, 6) is 2.20. The minimum Gasteiger partial charge on any atom is -0.459 e. The molecule has 6 aliphatic rings. The number of fused-ring (bicyclic) bond motifs is 5. The first kappa shape index (κ1) is 26.3. The molecule has 6 nitrogen and oxygen atoms in total. The molecule has 0 aromatic carbocycles. The monoisotopic (exact) mass is 514 g/mol. The third-order valence-electron chi connectivity index (χ3n) is 12.7. The average Bonchev–Trinajstić information content (AvgIpc) is 3.16. The van der Waals surface area contributed by atoms with Gasteiger partial charge in [0.1, 0.15) is 6.10 Å². The standard InChI is InChI=1S/C31H50N2O4/c1-21-24(5-7-28(34)37-21)25-10-13-31(35)27-6-4-22-20-23(32-14-15-33-16-18-36-19-17-33)8-11-29(22,2)26(27)9-12-30(25,31)3/h5,7,21-27,32,35H,4,6,8-20H2,1-3H3/t21?,22-,23?,24?,25-,26+,27-,29+,30-,31+/m1/s1. The molecule has 0 aromatic rings. The summed E-state index contributed by atoms with van der Waals surface area (Å²) >= 11 is 0. The van der Waals surface area contributed by atoms with Crippen molar-refractivity contribution in [3.63, 3.8) is 0 Å². The molecule has 208 valence electrons. The number of morpholine rings is 1. The van der Waals surface area contributed by atoms with E-state index < -0.39 is 5.60 Å². The summed E-state index contributed by atoms with van der Waals surface area (Å²) in [6.07, 6.45) is 14.2. The van der Waals surface area contributed by atoms with E-state index in [0.29, 0.717) is 29.2 Å². The molecule has 0 aromatic heterocycles. The first-order valence-electron chi connectivity index (χ1n) is 15.4. The van der Waals surface area contributed by atoms with Gasteiger partial charge >= 0.3 is 5.97 Å². The second-order valence-corrected chi connectivity index (χ2v) is 14.0. The molecule has 2 heterocycles. The molecule has 6 rings (SSSR count). The second-order valence-electron chi connectivity index (χ2n) is 14.0. The lowest BCUT2D eigenvalue weighted by atomic mass is 9.43. The molecule has 2 N–H and O–H groups in total. The Morgan fingerprint density at radius 3 is 2.59 bits per heavy atom. The van der Waals surface area contributed by atoms with E-state index in [2.05, 4.69) is 30.1 Å². The van der Waals surface area contributed by atoms with E-state index in [0.717, 1.165) is 64.6 Å². The number of rotatable bonds is 5. The quantitative estimate of drug-likeness (QED) is 0.537. The predicted molar refractivity (Wildman–Crippen MR) is 144 cm³/mol. The molecule has 3 unspecified atom stereocenters. The van der Waals surface area contributed by atoms with Crippen LogP contribution < -0.4 is 5.32 Å². The number of carbonyl (C=O) groups excluding carboxylic acids is 1. The van der Waals surface area contributed by atoms with Crippen molar-refractivity contribution in [2.24, 2.45) is 40.4 Å². The number of hydrogen-bond donors (Lipinski definition) is 2. The lowest BCUT2D eigenvalue weighted by Gasteiger charge is -2.64. The maximum absolute atomic E-state index is 12.5. The molecule has 4 saturated carbocycles. The number of aliphatic hydroxyl groups is 1. The van der Waals surface area contributed by atoms with Crippen LogP contribution in [0.1, 0.15) is 78.6 Å². The summed E-state index contributed by atoms with van der Waals surface area (Å²) in [5, 5.41) is 16.5. The van der Waals surface area contributed by atoms with Gasteiger partial charge in [-0.2, -0.15) is 0 Å². The Bertz CT molecular complexity index is 888. The molecule has 5 fully saturated rings. The van der Waals surface area contributed by atoms with Gasteiger partial charge in [-0.25, -0.2) is 4.79 Å². The number of nitrogens with one attached hydrogen (secondary N) is 1. The van der Waals surface area contributed by atoms with Crippen LogP contribution in [0.5, 0.6) is 0 Å². The lowest BCUT2D eigenvalue weighted by molar-refractivity contribution is -0.211. The Kier molecular flexibility index (Phi) is 7.04. The summed E-state index contributed by atoms with van der Waals surface area (Å²) in [4.78, 5) is 14.3. The molecule has 0 bridgehead atoms. The molecule has 0 amide bonds. The smallest absolute Gasteiger partial charge is 0.330 e. The van der Waals surface area contributed by atoms with Gasteiger partial charge in [0.05, 0.1) is 18.8 Å². The number of nitrogens with zero attached hydrogens (tertiary/aromatic N) is 1. The SMILES string of the molecule is CC1OC(=O)C=CC1[C@H]1CC[C@]2(O)[C@@H]3CC[C@@H]4CC(NCCN5CCOCC5)CC[C@]4(C)[C@H]3CC[C@]12C. The van der Waals surface area contributed by atoms with Gasteiger partial charge < -0.3 is 19.9 Å². The Labute approximate surface area is 223 Å².